The number of anilines is 2. The van der Waals surface area contributed by atoms with Crippen LogP contribution in [0.1, 0.15) is 42.6 Å². The molecule has 38 heavy (non-hydrogen) atoms. The van der Waals surface area contributed by atoms with E-state index in [9.17, 15) is 18.0 Å². The van der Waals surface area contributed by atoms with Crippen LogP contribution in [0.2, 0.25) is 0 Å². The number of benzene rings is 1. The van der Waals surface area contributed by atoms with Gasteiger partial charge in [0.1, 0.15) is 17.7 Å². The zero-order valence-corrected chi connectivity index (χ0v) is 21.8. The van der Waals surface area contributed by atoms with Crippen molar-refractivity contribution in [3.63, 3.8) is 0 Å². The first kappa shape index (κ1) is 27.6. The molecule has 8 nitrogen and oxygen atoms in total. The van der Waals surface area contributed by atoms with Gasteiger partial charge in [0, 0.05) is 38.8 Å². The van der Waals surface area contributed by atoms with E-state index in [1.54, 1.807) is 23.1 Å². The molecule has 2 fully saturated rings. The van der Waals surface area contributed by atoms with Crippen molar-refractivity contribution in [2.24, 2.45) is 5.92 Å². The van der Waals surface area contributed by atoms with E-state index >= 15 is 0 Å². The minimum Gasteiger partial charge on any atom is -0.356 e. The van der Waals surface area contributed by atoms with E-state index in [1.165, 1.54) is 0 Å². The molecular formula is C27H34F3N7O. The van der Waals surface area contributed by atoms with Crippen LogP contribution < -0.4 is 15.1 Å². The smallest absolute Gasteiger partial charge is 0.356 e. The van der Waals surface area contributed by atoms with E-state index in [-0.39, 0.29) is 17.5 Å². The summed E-state index contributed by atoms with van der Waals surface area (Å²) in [6.45, 7) is 3.05. The number of nitriles is 1. The van der Waals surface area contributed by atoms with Crippen LogP contribution in [0.25, 0.3) is 0 Å². The number of amides is 1. The molecule has 1 atom stereocenters. The second-order valence-electron chi connectivity index (χ2n) is 10.3. The largest absolute Gasteiger partial charge is 0.451 e. The highest BCUT2D eigenvalue weighted by molar-refractivity contribution is 5.85. The van der Waals surface area contributed by atoms with Gasteiger partial charge in [-0.05, 0) is 69.8 Å². The summed E-state index contributed by atoms with van der Waals surface area (Å²) in [7, 11) is 4.04. The van der Waals surface area contributed by atoms with Crippen molar-refractivity contribution in [2.75, 3.05) is 56.6 Å². The number of piperidine rings is 1. The van der Waals surface area contributed by atoms with Crippen molar-refractivity contribution in [1.82, 2.24) is 20.2 Å². The molecule has 2 aliphatic heterocycles. The van der Waals surface area contributed by atoms with Gasteiger partial charge in [0.15, 0.2) is 0 Å². The Morgan fingerprint density at radius 3 is 2.42 bits per heavy atom. The molecule has 4 rings (SSSR count). The fourth-order valence-electron chi connectivity index (χ4n) is 5.23. The molecule has 204 valence electrons. The highest BCUT2D eigenvalue weighted by atomic mass is 19.4. The van der Waals surface area contributed by atoms with E-state index in [0.29, 0.717) is 56.9 Å². The third-order valence-corrected chi connectivity index (χ3v) is 7.16. The lowest BCUT2D eigenvalue weighted by molar-refractivity contribution is -0.144. The molecule has 3 heterocycles. The summed E-state index contributed by atoms with van der Waals surface area (Å²) < 4.78 is 41.3. The summed E-state index contributed by atoms with van der Waals surface area (Å²) in [5.41, 5.74) is 1.55. The van der Waals surface area contributed by atoms with Gasteiger partial charge in [0.25, 0.3) is 0 Å². The molecule has 2 saturated heterocycles. The molecule has 0 unspecified atom stereocenters. The van der Waals surface area contributed by atoms with Gasteiger partial charge in [-0.25, -0.2) is 9.97 Å². The van der Waals surface area contributed by atoms with Crippen LogP contribution in [0.5, 0.6) is 0 Å². The van der Waals surface area contributed by atoms with Crippen molar-refractivity contribution >= 4 is 17.5 Å². The molecular weight excluding hydrogens is 495 g/mol. The molecule has 1 aromatic heterocycles. The third-order valence-electron chi connectivity index (χ3n) is 7.16. The van der Waals surface area contributed by atoms with Crippen LogP contribution >= 0.6 is 0 Å². The van der Waals surface area contributed by atoms with Crippen molar-refractivity contribution in [3.05, 3.63) is 47.3 Å². The maximum Gasteiger partial charge on any atom is 0.451 e. The molecule has 2 aliphatic rings. The number of carbonyl (C=O) groups is 1. The van der Waals surface area contributed by atoms with E-state index in [4.69, 9.17) is 5.26 Å². The molecule has 0 radical (unpaired) electrons. The van der Waals surface area contributed by atoms with Gasteiger partial charge in [-0.3, -0.25) is 4.79 Å². The SMILES string of the molecule is CN(C)CC1CCN(c2cc(N3CCC[C@H]3C(=O)NCCc3ccc(C#N)cc3)nc(C(F)(F)F)n2)CC1. The van der Waals surface area contributed by atoms with Gasteiger partial charge < -0.3 is 20.0 Å². The highest BCUT2D eigenvalue weighted by Crippen LogP contribution is 2.34. The average Bonchev–Trinajstić information content (AvgIpc) is 3.39. The normalized spacial score (nSPS) is 18.6. The zero-order valence-electron chi connectivity index (χ0n) is 21.8. The number of nitrogens with one attached hydrogen (secondary N) is 1. The summed E-state index contributed by atoms with van der Waals surface area (Å²) in [6, 6.07) is 10.2. The molecule has 11 heteroatoms. The molecule has 0 aliphatic carbocycles. The van der Waals surface area contributed by atoms with Crippen LogP contribution in [0.4, 0.5) is 24.8 Å². The summed E-state index contributed by atoms with van der Waals surface area (Å²) in [5.74, 6) is -0.498. The summed E-state index contributed by atoms with van der Waals surface area (Å²) >= 11 is 0. The van der Waals surface area contributed by atoms with Crippen LogP contribution in [-0.4, -0.2) is 73.6 Å². The Balaban J connectivity index is 1.45. The van der Waals surface area contributed by atoms with Gasteiger partial charge in [0.05, 0.1) is 11.6 Å². The number of hydrogen-bond acceptors (Lipinski definition) is 7. The van der Waals surface area contributed by atoms with Gasteiger partial charge in [-0.1, -0.05) is 12.1 Å². The number of halogens is 3. The van der Waals surface area contributed by atoms with E-state index in [2.05, 4.69) is 26.3 Å². The lowest BCUT2D eigenvalue weighted by Gasteiger charge is -2.34. The first-order valence-corrected chi connectivity index (χ1v) is 13.0. The fraction of sp³-hybridized carbons (Fsp3) is 0.556. The van der Waals surface area contributed by atoms with Crippen LogP contribution in [-0.2, 0) is 17.4 Å². The fourth-order valence-corrected chi connectivity index (χ4v) is 5.23. The summed E-state index contributed by atoms with van der Waals surface area (Å²) in [5, 5.41) is 11.8. The molecule has 1 N–H and O–H groups in total. The third kappa shape index (κ3) is 6.92. The summed E-state index contributed by atoms with van der Waals surface area (Å²) in [6.07, 6.45) is -1.11. The van der Waals surface area contributed by atoms with Crippen LogP contribution in [0, 0.1) is 17.2 Å². The molecule has 0 saturated carbocycles. The van der Waals surface area contributed by atoms with Crippen molar-refractivity contribution < 1.29 is 18.0 Å². The zero-order chi connectivity index (χ0) is 27.3. The van der Waals surface area contributed by atoms with Crippen molar-refractivity contribution in [1.29, 1.82) is 5.26 Å². The van der Waals surface area contributed by atoms with E-state index < -0.39 is 18.0 Å². The van der Waals surface area contributed by atoms with Crippen LogP contribution in [0.15, 0.2) is 30.3 Å². The Hall–Kier alpha value is -3.39. The standard InChI is InChI=1S/C27H34F3N7O/c1-35(2)18-21-10-14-36(15-11-21)23-16-24(34-26(33-23)27(28,29)30)37-13-3-4-22(37)25(38)32-12-9-19-5-7-20(17-31)8-6-19/h5-8,16,21-22H,3-4,9-15,18H2,1-2H3,(H,32,38)/t22-/m0/s1. The Kier molecular flexibility index (Phi) is 8.72. The Labute approximate surface area is 221 Å². The van der Waals surface area contributed by atoms with E-state index in [1.807, 2.05) is 31.1 Å². The number of nitrogens with zero attached hydrogens (tertiary/aromatic N) is 6. The second kappa shape index (κ2) is 12.0. The predicted octanol–water partition coefficient (Wildman–Crippen LogP) is 3.47. The number of alkyl halides is 3. The number of aromatic nitrogens is 2. The van der Waals surface area contributed by atoms with Crippen molar-refractivity contribution in [2.45, 2.75) is 44.3 Å². The lowest BCUT2D eigenvalue weighted by Crippen LogP contribution is -2.44. The highest BCUT2D eigenvalue weighted by Gasteiger charge is 2.38. The Bertz CT molecular complexity index is 1140. The molecule has 0 spiro atoms. The molecule has 2 aromatic rings. The monoisotopic (exact) mass is 529 g/mol. The number of carbonyl (C=O) groups excluding carboxylic acids is 1. The van der Waals surface area contributed by atoms with Crippen LogP contribution in [0.3, 0.4) is 0 Å². The molecule has 0 bridgehead atoms. The number of rotatable bonds is 8. The van der Waals surface area contributed by atoms with E-state index in [0.717, 1.165) is 24.9 Å². The summed E-state index contributed by atoms with van der Waals surface area (Å²) in [4.78, 5) is 26.5. The molecule has 1 aromatic carbocycles. The first-order valence-electron chi connectivity index (χ1n) is 13.0. The maximum atomic E-state index is 13.8. The van der Waals surface area contributed by atoms with Gasteiger partial charge in [-0.2, -0.15) is 18.4 Å². The second-order valence-corrected chi connectivity index (χ2v) is 10.3. The minimum atomic E-state index is -4.69. The first-order chi connectivity index (χ1) is 18.1. The average molecular weight is 530 g/mol. The van der Waals surface area contributed by atoms with Crippen molar-refractivity contribution in [3.8, 4) is 6.07 Å². The Morgan fingerprint density at radius 1 is 1.11 bits per heavy atom. The number of hydrogen-bond donors (Lipinski definition) is 1. The topological polar surface area (TPSA) is 88.4 Å². The Morgan fingerprint density at radius 2 is 1.79 bits per heavy atom. The minimum absolute atomic E-state index is 0.141. The van der Waals surface area contributed by atoms with Gasteiger partial charge in [-0.15, -0.1) is 0 Å². The molecule has 1 amide bonds. The quantitative estimate of drug-likeness (QED) is 0.560. The van der Waals surface area contributed by atoms with Gasteiger partial charge >= 0.3 is 6.18 Å². The van der Waals surface area contributed by atoms with Gasteiger partial charge in [0.2, 0.25) is 11.7 Å². The lowest BCUT2D eigenvalue weighted by atomic mass is 9.96. The maximum absolute atomic E-state index is 13.8. The predicted molar refractivity (Wildman–Crippen MR) is 139 cm³/mol.